The third-order valence-corrected chi connectivity index (χ3v) is 10.3. The van der Waals surface area contributed by atoms with Crippen molar-refractivity contribution in [2.45, 2.75) is 101 Å². The molecule has 7 heteroatoms. The second-order valence-corrected chi connectivity index (χ2v) is 12.6. The van der Waals surface area contributed by atoms with Crippen molar-refractivity contribution >= 4 is 22.8 Å². The number of carbonyl (C=O) groups is 1. The third-order valence-electron chi connectivity index (χ3n) is 10.3. The standard InChI is InChI=1S/C29H38N4O3/c1-17-10-18-12-19(11-17)14-22(13-18)32-20-6-7-21(32)16-23(15-20)33-25-5-3-2-4-24(25)30-27(28(33)34)31-9-8-26(31)29(35)36/h2-5,17-23,26H,6-16H2,1H3,(H,35,36)/t17-,18-,19+,20-,21+,22+,23+,26-/m0/s1. The van der Waals surface area contributed by atoms with Gasteiger partial charge in [-0.1, -0.05) is 19.1 Å². The second kappa shape index (κ2) is 8.57. The summed E-state index contributed by atoms with van der Waals surface area (Å²) in [6.45, 7) is 3.02. The fourth-order valence-electron chi connectivity index (χ4n) is 8.97. The zero-order chi connectivity index (χ0) is 24.6. The molecule has 0 spiro atoms. The van der Waals surface area contributed by atoms with Crippen LogP contribution in [0, 0.1) is 17.8 Å². The van der Waals surface area contributed by atoms with Gasteiger partial charge in [0.1, 0.15) is 6.04 Å². The van der Waals surface area contributed by atoms with Crippen molar-refractivity contribution < 1.29 is 9.90 Å². The first-order valence-corrected chi connectivity index (χ1v) is 14.2. The molecule has 4 bridgehead atoms. The number of anilines is 1. The summed E-state index contributed by atoms with van der Waals surface area (Å²) in [7, 11) is 0. The molecule has 5 fully saturated rings. The largest absolute Gasteiger partial charge is 0.480 e. The zero-order valence-corrected chi connectivity index (χ0v) is 21.3. The molecule has 1 N–H and O–H groups in total. The number of benzene rings is 1. The van der Waals surface area contributed by atoms with Gasteiger partial charge in [0.25, 0.3) is 5.56 Å². The van der Waals surface area contributed by atoms with Gasteiger partial charge in [0, 0.05) is 30.7 Å². The Bertz CT molecular complexity index is 1210. The summed E-state index contributed by atoms with van der Waals surface area (Å²) in [4.78, 5) is 34.9. The van der Waals surface area contributed by atoms with Gasteiger partial charge in [-0.15, -0.1) is 0 Å². The zero-order valence-electron chi connectivity index (χ0n) is 21.3. The van der Waals surface area contributed by atoms with Crippen LogP contribution in [0.2, 0.25) is 0 Å². The van der Waals surface area contributed by atoms with E-state index in [9.17, 15) is 14.7 Å². The first kappa shape index (κ1) is 22.8. The molecule has 36 heavy (non-hydrogen) atoms. The molecule has 7 nitrogen and oxygen atoms in total. The van der Waals surface area contributed by atoms with Crippen molar-refractivity contribution in [1.82, 2.24) is 14.5 Å². The quantitative estimate of drug-likeness (QED) is 0.683. The molecule has 8 atom stereocenters. The predicted molar refractivity (Wildman–Crippen MR) is 139 cm³/mol. The average molecular weight is 491 g/mol. The van der Waals surface area contributed by atoms with E-state index in [2.05, 4.69) is 16.8 Å². The summed E-state index contributed by atoms with van der Waals surface area (Å²) in [5.41, 5.74) is 1.56. The fourth-order valence-corrected chi connectivity index (χ4v) is 8.97. The smallest absolute Gasteiger partial charge is 0.326 e. The van der Waals surface area contributed by atoms with E-state index in [1.807, 2.05) is 28.8 Å². The lowest BCUT2D eigenvalue weighted by Crippen LogP contribution is -2.56. The molecular formula is C29H38N4O3. The van der Waals surface area contributed by atoms with Crippen LogP contribution in [0.1, 0.15) is 77.2 Å². The van der Waals surface area contributed by atoms with E-state index in [-0.39, 0.29) is 11.6 Å². The lowest BCUT2D eigenvalue weighted by atomic mass is 9.66. The van der Waals surface area contributed by atoms with Crippen LogP contribution in [0.3, 0.4) is 0 Å². The van der Waals surface area contributed by atoms with Crippen LogP contribution in [0.15, 0.2) is 29.1 Å². The van der Waals surface area contributed by atoms with Crippen LogP contribution < -0.4 is 10.5 Å². The van der Waals surface area contributed by atoms with E-state index in [1.165, 1.54) is 44.9 Å². The van der Waals surface area contributed by atoms with Gasteiger partial charge < -0.3 is 14.6 Å². The molecule has 3 saturated heterocycles. The molecule has 2 aliphatic carbocycles. The molecule has 7 rings (SSSR count). The molecule has 0 radical (unpaired) electrons. The van der Waals surface area contributed by atoms with Crippen LogP contribution in [0.4, 0.5) is 5.82 Å². The molecule has 1 aromatic heterocycles. The SMILES string of the molecule is C[C@@H]1C[C@@H]2C[C@H](C1)C[C@@H](N1[C@@H]3CC[C@H]1C[C@@H](n1c(=O)c(N4CC[C@H]4C(=O)O)nc4ccccc41)C3)C2. The van der Waals surface area contributed by atoms with E-state index >= 15 is 0 Å². The summed E-state index contributed by atoms with van der Waals surface area (Å²) in [5, 5.41) is 9.61. The molecule has 3 aliphatic heterocycles. The Balaban J connectivity index is 1.20. The van der Waals surface area contributed by atoms with Gasteiger partial charge in [0.05, 0.1) is 11.0 Å². The van der Waals surface area contributed by atoms with Crippen molar-refractivity contribution in [1.29, 1.82) is 0 Å². The van der Waals surface area contributed by atoms with Crippen LogP contribution in [-0.2, 0) is 4.79 Å². The maximum Gasteiger partial charge on any atom is 0.326 e. The normalized spacial score (nSPS) is 38.2. The van der Waals surface area contributed by atoms with Crippen molar-refractivity contribution in [3.05, 3.63) is 34.6 Å². The summed E-state index contributed by atoms with van der Waals surface area (Å²) in [5.74, 6) is 2.15. The number of hydrogen-bond donors (Lipinski definition) is 1. The number of hydrogen-bond acceptors (Lipinski definition) is 5. The molecule has 2 aromatic rings. The molecule has 1 aromatic carbocycles. The Kier molecular flexibility index (Phi) is 5.42. The van der Waals surface area contributed by atoms with Gasteiger partial charge in [0.15, 0.2) is 5.82 Å². The lowest BCUT2D eigenvalue weighted by molar-refractivity contribution is -0.140. The van der Waals surface area contributed by atoms with E-state index in [0.717, 1.165) is 47.7 Å². The molecule has 192 valence electrons. The number of aliphatic carboxylic acids is 1. The Morgan fingerprint density at radius 3 is 2.22 bits per heavy atom. The number of piperidine rings is 1. The van der Waals surface area contributed by atoms with Gasteiger partial charge in [-0.05, 0) is 94.1 Å². The number of para-hydroxylation sites is 2. The highest BCUT2D eigenvalue weighted by Gasteiger charge is 2.48. The third kappa shape index (κ3) is 3.60. The van der Waals surface area contributed by atoms with Crippen molar-refractivity contribution in [2.75, 3.05) is 11.4 Å². The molecule has 5 aliphatic rings. The Morgan fingerprint density at radius 1 is 0.889 bits per heavy atom. The maximum absolute atomic E-state index is 13.9. The van der Waals surface area contributed by atoms with Gasteiger partial charge in [-0.3, -0.25) is 9.69 Å². The Morgan fingerprint density at radius 2 is 1.58 bits per heavy atom. The topological polar surface area (TPSA) is 78.7 Å². The minimum absolute atomic E-state index is 0.112. The highest BCUT2D eigenvalue weighted by molar-refractivity contribution is 5.81. The maximum atomic E-state index is 13.9. The number of carboxylic acids is 1. The number of rotatable bonds is 4. The average Bonchev–Trinajstić information content (AvgIpc) is 3.07. The van der Waals surface area contributed by atoms with Gasteiger partial charge >= 0.3 is 5.97 Å². The molecule has 2 saturated carbocycles. The van der Waals surface area contributed by atoms with Crippen LogP contribution >= 0.6 is 0 Å². The van der Waals surface area contributed by atoms with Crippen molar-refractivity contribution in [3.8, 4) is 0 Å². The van der Waals surface area contributed by atoms with Crippen molar-refractivity contribution in [2.24, 2.45) is 17.8 Å². The highest BCUT2D eigenvalue weighted by atomic mass is 16.4. The number of nitrogens with zero attached hydrogens (tertiary/aromatic N) is 4. The van der Waals surface area contributed by atoms with Gasteiger partial charge in [-0.25, -0.2) is 9.78 Å². The molecule has 0 unspecified atom stereocenters. The van der Waals surface area contributed by atoms with Gasteiger partial charge in [0.2, 0.25) is 0 Å². The fraction of sp³-hybridized carbons (Fsp3) is 0.690. The second-order valence-electron chi connectivity index (χ2n) is 12.6. The van der Waals surface area contributed by atoms with E-state index in [1.54, 1.807) is 4.90 Å². The van der Waals surface area contributed by atoms with E-state index in [4.69, 9.17) is 0 Å². The summed E-state index contributed by atoms with van der Waals surface area (Å²) >= 11 is 0. The highest BCUT2D eigenvalue weighted by Crippen LogP contribution is 2.49. The Hall–Kier alpha value is -2.41. The van der Waals surface area contributed by atoms with Crippen LogP contribution in [0.5, 0.6) is 0 Å². The minimum atomic E-state index is -0.875. The Labute approximate surface area is 212 Å². The monoisotopic (exact) mass is 490 g/mol. The molecule has 4 heterocycles. The van der Waals surface area contributed by atoms with E-state index in [0.29, 0.717) is 30.9 Å². The number of carboxylic acid groups (broad SMARTS) is 1. The van der Waals surface area contributed by atoms with Crippen LogP contribution in [-0.4, -0.2) is 56.2 Å². The van der Waals surface area contributed by atoms with E-state index < -0.39 is 12.0 Å². The number of fused-ring (bicyclic) bond motifs is 5. The first-order chi connectivity index (χ1) is 17.5. The summed E-state index contributed by atoms with van der Waals surface area (Å²) in [6, 6.07) is 9.21. The van der Waals surface area contributed by atoms with Crippen LogP contribution in [0.25, 0.3) is 11.0 Å². The molecule has 0 amide bonds. The van der Waals surface area contributed by atoms with Gasteiger partial charge in [-0.2, -0.15) is 0 Å². The number of aromatic nitrogens is 2. The molecular weight excluding hydrogens is 452 g/mol. The first-order valence-electron chi connectivity index (χ1n) is 14.2. The minimum Gasteiger partial charge on any atom is -0.480 e. The predicted octanol–water partition coefficient (Wildman–Crippen LogP) is 4.44. The summed E-state index contributed by atoms with van der Waals surface area (Å²) in [6.07, 6.45) is 12.1. The summed E-state index contributed by atoms with van der Waals surface area (Å²) < 4.78 is 1.99. The lowest BCUT2D eigenvalue weighted by Gasteiger charge is -2.50. The van der Waals surface area contributed by atoms with Crippen molar-refractivity contribution in [3.63, 3.8) is 0 Å².